The molecule has 0 saturated heterocycles. The molecule has 3 aromatic rings. The molecule has 0 saturated carbocycles. The van der Waals surface area contributed by atoms with Crippen LogP contribution >= 0.6 is 11.8 Å². The van der Waals surface area contributed by atoms with Crippen LogP contribution in [0.15, 0.2) is 53.7 Å². The first kappa shape index (κ1) is 19.6. The Bertz CT molecular complexity index is 1010. The molecule has 2 heterocycles. The topological polar surface area (TPSA) is 63.9 Å². The van der Waals surface area contributed by atoms with E-state index in [1.165, 1.54) is 22.9 Å². The zero-order valence-electron chi connectivity index (χ0n) is 17.1. The van der Waals surface area contributed by atoms with Gasteiger partial charge in [-0.2, -0.15) is 4.68 Å². The van der Waals surface area contributed by atoms with E-state index >= 15 is 0 Å². The third kappa shape index (κ3) is 3.79. The van der Waals surface area contributed by atoms with Crippen molar-refractivity contribution in [1.82, 2.24) is 20.2 Å². The van der Waals surface area contributed by atoms with Crippen molar-refractivity contribution in [3.63, 3.8) is 0 Å². The molecule has 0 radical (unpaired) electrons. The Morgan fingerprint density at radius 2 is 1.83 bits per heavy atom. The van der Waals surface area contributed by atoms with Crippen LogP contribution in [-0.4, -0.2) is 37.4 Å². The van der Waals surface area contributed by atoms with E-state index in [2.05, 4.69) is 54.5 Å². The molecule has 0 spiro atoms. The molecule has 29 heavy (non-hydrogen) atoms. The van der Waals surface area contributed by atoms with Crippen LogP contribution in [-0.2, 0) is 11.2 Å². The lowest BCUT2D eigenvalue weighted by atomic mass is 10.0. The average Bonchev–Trinajstić information content (AvgIpc) is 3.30. The minimum atomic E-state index is -0.303. The predicted octanol–water partition coefficient (Wildman–Crippen LogP) is 4.24. The fraction of sp³-hybridized carbons (Fsp3) is 0.364. The highest BCUT2D eigenvalue weighted by Crippen LogP contribution is 2.34. The minimum absolute atomic E-state index is 0.0807. The van der Waals surface area contributed by atoms with Gasteiger partial charge in [-0.1, -0.05) is 55.9 Å². The van der Waals surface area contributed by atoms with Gasteiger partial charge >= 0.3 is 0 Å². The van der Waals surface area contributed by atoms with E-state index in [1.807, 2.05) is 42.2 Å². The summed E-state index contributed by atoms with van der Waals surface area (Å²) >= 11 is 1.39. The van der Waals surface area contributed by atoms with Gasteiger partial charge in [0.1, 0.15) is 0 Å². The zero-order chi connectivity index (χ0) is 20.5. The largest absolute Gasteiger partial charge is 0.308 e. The van der Waals surface area contributed by atoms with Gasteiger partial charge in [0.2, 0.25) is 11.1 Å². The van der Waals surface area contributed by atoms with Crippen molar-refractivity contribution in [1.29, 1.82) is 0 Å². The van der Waals surface area contributed by atoms with E-state index in [0.29, 0.717) is 11.1 Å². The van der Waals surface area contributed by atoms with Crippen LogP contribution in [0.4, 0.5) is 5.69 Å². The Labute approximate surface area is 175 Å². The summed E-state index contributed by atoms with van der Waals surface area (Å²) in [5, 5.41) is 12.4. The summed E-state index contributed by atoms with van der Waals surface area (Å²) in [6, 6.07) is 16.5. The molecule has 0 bridgehead atoms. The van der Waals surface area contributed by atoms with Gasteiger partial charge in [-0.15, -0.1) is 5.10 Å². The van der Waals surface area contributed by atoms with Crippen molar-refractivity contribution in [2.24, 2.45) is 0 Å². The molecule has 1 aliphatic heterocycles. The van der Waals surface area contributed by atoms with Crippen LogP contribution < -0.4 is 4.90 Å². The number of rotatable bonds is 5. The van der Waals surface area contributed by atoms with E-state index in [9.17, 15) is 4.79 Å². The quantitative estimate of drug-likeness (QED) is 0.592. The number of hydrogen-bond donors (Lipinski definition) is 0. The maximum atomic E-state index is 13.2. The van der Waals surface area contributed by atoms with Gasteiger partial charge in [0.25, 0.3) is 0 Å². The number of amides is 1. The first-order valence-electron chi connectivity index (χ1n) is 9.92. The summed E-state index contributed by atoms with van der Waals surface area (Å²) in [5.41, 5.74) is 4.39. The van der Waals surface area contributed by atoms with Gasteiger partial charge < -0.3 is 4.90 Å². The Kier molecular flexibility index (Phi) is 5.41. The van der Waals surface area contributed by atoms with E-state index in [0.717, 1.165) is 17.8 Å². The fourth-order valence-electron chi connectivity index (χ4n) is 3.72. The van der Waals surface area contributed by atoms with Crippen LogP contribution in [0.3, 0.4) is 0 Å². The second kappa shape index (κ2) is 7.99. The van der Waals surface area contributed by atoms with Crippen molar-refractivity contribution in [2.45, 2.75) is 56.5 Å². The number of benzene rings is 2. The number of para-hydroxylation sites is 1. The number of nitrogens with zero attached hydrogens (tertiary/aromatic N) is 5. The molecular weight excluding hydrogens is 382 g/mol. The van der Waals surface area contributed by atoms with E-state index in [-0.39, 0.29) is 17.2 Å². The molecule has 150 valence electrons. The lowest BCUT2D eigenvalue weighted by molar-refractivity contribution is -0.118. The molecule has 2 atom stereocenters. The van der Waals surface area contributed by atoms with E-state index in [1.54, 1.807) is 4.68 Å². The van der Waals surface area contributed by atoms with Gasteiger partial charge in [-0.05, 0) is 65.9 Å². The van der Waals surface area contributed by atoms with Crippen molar-refractivity contribution < 1.29 is 4.79 Å². The number of tetrazole rings is 1. The van der Waals surface area contributed by atoms with Crippen molar-refractivity contribution in [3.8, 4) is 5.69 Å². The molecule has 1 aromatic heterocycles. The van der Waals surface area contributed by atoms with Gasteiger partial charge in [0.05, 0.1) is 10.9 Å². The zero-order valence-corrected chi connectivity index (χ0v) is 17.9. The normalized spacial score (nSPS) is 16.9. The van der Waals surface area contributed by atoms with E-state index < -0.39 is 0 Å². The number of aromatic nitrogens is 4. The van der Waals surface area contributed by atoms with Crippen LogP contribution in [0, 0.1) is 0 Å². The third-order valence-electron chi connectivity index (χ3n) is 5.32. The smallest absolute Gasteiger partial charge is 0.240 e. The number of hydrogen-bond acceptors (Lipinski definition) is 5. The predicted molar refractivity (Wildman–Crippen MR) is 116 cm³/mol. The summed E-state index contributed by atoms with van der Waals surface area (Å²) in [7, 11) is 0. The third-order valence-corrected chi connectivity index (χ3v) is 6.34. The monoisotopic (exact) mass is 407 g/mol. The molecule has 0 N–H and O–H groups in total. The summed E-state index contributed by atoms with van der Waals surface area (Å²) < 4.78 is 1.69. The van der Waals surface area contributed by atoms with Crippen molar-refractivity contribution >= 4 is 23.4 Å². The average molecular weight is 408 g/mol. The van der Waals surface area contributed by atoms with Gasteiger partial charge in [0.15, 0.2) is 0 Å². The molecular formula is C22H25N5OS. The summed E-state index contributed by atoms with van der Waals surface area (Å²) in [4.78, 5) is 15.2. The SMILES string of the molecule is CC(C)c1ccc(-n2nnnc2S[C@@H](C)C(=O)N2c3ccccc3C[C@@H]2C)cc1. The number of carbonyl (C=O) groups is 1. The molecule has 2 aromatic carbocycles. The number of carbonyl (C=O) groups excluding carboxylic acids is 1. The van der Waals surface area contributed by atoms with Gasteiger partial charge in [-0.25, -0.2) is 0 Å². The molecule has 6 nitrogen and oxygen atoms in total. The molecule has 1 amide bonds. The maximum absolute atomic E-state index is 13.2. The van der Waals surface area contributed by atoms with Crippen LogP contribution in [0.1, 0.15) is 44.7 Å². The second-order valence-electron chi connectivity index (χ2n) is 7.77. The van der Waals surface area contributed by atoms with Crippen molar-refractivity contribution in [3.05, 3.63) is 59.7 Å². The number of thioether (sulfide) groups is 1. The molecule has 0 unspecified atom stereocenters. The lowest BCUT2D eigenvalue weighted by Gasteiger charge is -2.25. The standard InChI is InChI=1S/C22H25N5OS/c1-14(2)17-9-11-19(12-10-17)27-22(23-24-25-27)29-16(4)21(28)26-15(3)13-18-7-5-6-8-20(18)26/h5-12,14-16H,13H2,1-4H3/t15-,16-/m0/s1. The van der Waals surface area contributed by atoms with E-state index in [4.69, 9.17) is 0 Å². The maximum Gasteiger partial charge on any atom is 0.240 e. The summed E-state index contributed by atoms with van der Waals surface area (Å²) in [6.07, 6.45) is 0.888. The fourth-order valence-corrected chi connectivity index (χ4v) is 4.58. The first-order chi connectivity index (χ1) is 14.0. The Hall–Kier alpha value is -2.67. The molecule has 1 aliphatic rings. The van der Waals surface area contributed by atoms with Crippen LogP contribution in [0.25, 0.3) is 5.69 Å². The Morgan fingerprint density at radius 1 is 1.10 bits per heavy atom. The molecule has 4 rings (SSSR count). The first-order valence-corrected chi connectivity index (χ1v) is 10.8. The van der Waals surface area contributed by atoms with Crippen LogP contribution in [0.5, 0.6) is 0 Å². The Balaban J connectivity index is 1.53. The highest BCUT2D eigenvalue weighted by atomic mass is 32.2. The molecule has 0 fully saturated rings. The van der Waals surface area contributed by atoms with Gasteiger partial charge in [-0.3, -0.25) is 4.79 Å². The molecule has 0 aliphatic carbocycles. The summed E-state index contributed by atoms with van der Waals surface area (Å²) in [6.45, 7) is 8.34. The minimum Gasteiger partial charge on any atom is -0.308 e. The number of anilines is 1. The van der Waals surface area contributed by atoms with Crippen molar-refractivity contribution in [2.75, 3.05) is 4.90 Å². The Morgan fingerprint density at radius 3 is 2.55 bits per heavy atom. The van der Waals surface area contributed by atoms with Crippen LogP contribution in [0.2, 0.25) is 0 Å². The lowest BCUT2D eigenvalue weighted by Crippen LogP contribution is -2.40. The summed E-state index contributed by atoms with van der Waals surface area (Å²) in [5.74, 6) is 0.548. The second-order valence-corrected chi connectivity index (χ2v) is 9.08. The van der Waals surface area contributed by atoms with Gasteiger partial charge in [0, 0.05) is 11.7 Å². The number of fused-ring (bicyclic) bond motifs is 1. The molecule has 7 heteroatoms. The highest BCUT2D eigenvalue weighted by molar-refractivity contribution is 8.00. The highest BCUT2D eigenvalue weighted by Gasteiger charge is 2.34.